The summed E-state index contributed by atoms with van der Waals surface area (Å²) in [6.07, 6.45) is -7.59. The summed E-state index contributed by atoms with van der Waals surface area (Å²) in [6, 6.07) is 13.2. The molecular weight excluding hydrogens is 593 g/mol. The van der Waals surface area contributed by atoms with E-state index in [2.05, 4.69) is 19.6 Å². The zero-order valence-electron chi connectivity index (χ0n) is 23.2. The standard InChI is InChI=1S/C30H24F5N3O6/c1-16(18-8-11-22-24(14-18)44-30(34,35)43-22)41-25-15-19(12-13-36-25)38-26-21(27(37-38)29(31,32)33)4-3-5-23(26)42-20-9-6-17(7-10-20)28(39)40-2/h6-16,23H,3-5H2,1-2H3. The van der Waals surface area contributed by atoms with Crippen LogP contribution in [0.25, 0.3) is 5.69 Å². The fourth-order valence-corrected chi connectivity index (χ4v) is 5.20. The number of ether oxygens (including phenoxy) is 5. The second-order valence-electron chi connectivity index (χ2n) is 10.1. The van der Waals surface area contributed by atoms with E-state index < -0.39 is 36.3 Å². The Labute approximate surface area is 247 Å². The molecule has 9 nitrogen and oxygen atoms in total. The van der Waals surface area contributed by atoms with Crippen molar-refractivity contribution >= 4 is 5.97 Å². The van der Waals surface area contributed by atoms with Crippen LogP contribution in [0.1, 0.15) is 64.8 Å². The van der Waals surface area contributed by atoms with Gasteiger partial charge in [0.15, 0.2) is 17.2 Å². The third-order valence-electron chi connectivity index (χ3n) is 7.20. The van der Waals surface area contributed by atoms with Crippen LogP contribution in [-0.2, 0) is 17.3 Å². The molecule has 230 valence electrons. The number of hydrogen-bond donors (Lipinski definition) is 0. The first-order valence-electron chi connectivity index (χ1n) is 13.5. The minimum Gasteiger partial charge on any atom is -0.484 e. The van der Waals surface area contributed by atoms with Crippen LogP contribution in [-0.4, -0.2) is 34.1 Å². The topological polar surface area (TPSA) is 93.9 Å². The molecule has 0 N–H and O–H groups in total. The molecule has 0 fully saturated rings. The van der Waals surface area contributed by atoms with Gasteiger partial charge in [-0.1, -0.05) is 6.07 Å². The largest absolute Gasteiger partial charge is 0.586 e. The Bertz CT molecular complexity index is 1710. The molecule has 3 heterocycles. The monoisotopic (exact) mass is 617 g/mol. The highest BCUT2D eigenvalue weighted by molar-refractivity contribution is 5.89. The first-order chi connectivity index (χ1) is 20.9. The third-order valence-corrected chi connectivity index (χ3v) is 7.20. The van der Waals surface area contributed by atoms with Crippen molar-refractivity contribution in [3.63, 3.8) is 0 Å². The zero-order valence-corrected chi connectivity index (χ0v) is 23.2. The molecule has 0 saturated carbocycles. The van der Waals surface area contributed by atoms with Gasteiger partial charge in [0.1, 0.15) is 18.0 Å². The smallest absolute Gasteiger partial charge is 0.484 e. The summed E-state index contributed by atoms with van der Waals surface area (Å²) in [6.45, 7) is 1.65. The molecule has 1 aliphatic carbocycles. The van der Waals surface area contributed by atoms with Gasteiger partial charge in [-0.25, -0.2) is 14.5 Å². The summed E-state index contributed by atoms with van der Waals surface area (Å²) in [5.41, 5.74) is 0.278. The number of methoxy groups -OCH3 is 1. The number of nitrogens with zero attached hydrogens (tertiary/aromatic N) is 3. The molecule has 2 aromatic carbocycles. The van der Waals surface area contributed by atoms with Crippen LogP contribution in [0.15, 0.2) is 60.8 Å². The van der Waals surface area contributed by atoms with Crippen LogP contribution in [0.4, 0.5) is 22.0 Å². The molecule has 6 rings (SSSR count). The van der Waals surface area contributed by atoms with Crippen LogP contribution >= 0.6 is 0 Å². The number of rotatable bonds is 7. The molecule has 2 aromatic heterocycles. The van der Waals surface area contributed by atoms with Gasteiger partial charge in [0.2, 0.25) is 5.88 Å². The number of hydrogen-bond acceptors (Lipinski definition) is 8. The fourth-order valence-electron chi connectivity index (χ4n) is 5.20. The fraction of sp³-hybridized carbons (Fsp3) is 0.300. The van der Waals surface area contributed by atoms with E-state index in [1.807, 2.05) is 0 Å². The van der Waals surface area contributed by atoms with Crippen LogP contribution in [0.3, 0.4) is 0 Å². The Morgan fingerprint density at radius 2 is 1.82 bits per heavy atom. The molecule has 4 aromatic rings. The van der Waals surface area contributed by atoms with Gasteiger partial charge in [0, 0.05) is 17.8 Å². The lowest BCUT2D eigenvalue weighted by Crippen LogP contribution is -2.25. The van der Waals surface area contributed by atoms with E-state index in [4.69, 9.17) is 14.2 Å². The van der Waals surface area contributed by atoms with Gasteiger partial charge in [-0.3, -0.25) is 0 Å². The summed E-state index contributed by atoms with van der Waals surface area (Å²) in [5.74, 6) is -0.396. The number of pyridine rings is 1. The molecule has 1 aliphatic heterocycles. The second-order valence-corrected chi connectivity index (χ2v) is 10.1. The summed E-state index contributed by atoms with van der Waals surface area (Å²) < 4.78 is 96.1. The highest BCUT2D eigenvalue weighted by Crippen LogP contribution is 2.44. The minimum atomic E-state index is -4.71. The number of carbonyl (C=O) groups is 1. The Kier molecular flexibility index (Phi) is 7.30. The molecule has 2 atom stereocenters. The molecule has 0 bridgehead atoms. The van der Waals surface area contributed by atoms with E-state index >= 15 is 0 Å². The van der Waals surface area contributed by atoms with Crippen molar-refractivity contribution in [2.24, 2.45) is 0 Å². The Morgan fingerprint density at radius 1 is 1.07 bits per heavy atom. The van der Waals surface area contributed by atoms with Crippen molar-refractivity contribution in [3.8, 4) is 28.8 Å². The van der Waals surface area contributed by atoms with Crippen molar-refractivity contribution in [2.45, 2.75) is 50.9 Å². The molecular formula is C30H24F5N3O6. The minimum absolute atomic E-state index is 0.0322. The third kappa shape index (κ3) is 5.71. The van der Waals surface area contributed by atoms with Crippen LogP contribution in [0.5, 0.6) is 23.1 Å². The predicted octanol–water partition coefficient (Wildman–Crippen LogP) is 6.99. The molecule has 44 heavy (non-hydrogen) atoms. The summed E-state index contributed by atoms with van der Waals surface area (Å²) in [4.78, 5) is 16.0. The van der Waals surface area contributed by atoms with E-state index in [1.54, 1.807) is 19.1 Å². The number of benzene rings is 2. The lowest BCUT2D eigenvalue weighted by molar-refractivity contribution is -0.286. The lowest BCUT2D eigenvalue weighted by Gasteiger charge is -2.26. The highest BCUT2D eigenvalue weighted by Gasteiger charge is 2.44. The molecule has 2 aliphatic rings. The van der Waals surface area contributed by atoms with Gasteiger partial charge in [-0.05, 0) is 74.2 Å². The summed E-state index contributed by atoms with van der Waals surface area (Å²) in [5, 5.41) is 3.97. The molecule has 0 amide bonds. The quantitative estimate of drug-likeness (QED) is 0.162. The van der Waals surface area contributed by atoms with Crippen molar-refractivity contribution in [2.75, 3.05) is 7.11 Å². The van der Waals surface area contributed by atoms with Crippen LogP contribution in [0, 0.1) is 0 Å². The lowest BCUT2D eigenvalue weighted by atomic mass is 9.93. The predicted molar refractivity (Wildman–Crippen MR) is 142 cm³/mol. The van der Waals surface area contributed by atoms with Gasteiger partial charge in [0.05, 0.1) is 24.1 Å². The molecule has 14 heteroatoms. The normalized spacial score (nSPS) is 17.5. The van der Waals surface area contributed by atoms with Crippen molar-refractivity contribution < 1.29 is 50.4 Å². The number of esters is 1. The maximum Gasteiger partial charge on any atom is 0.586 e. The van der Waals surface area contributed by atoms with Crippen LogP contribution in [0.2, 0.25) is 0 Å². The second kappa shape index (κ2) is 11.0. The van der Waals surface area contributed by atoms with Crippen molar-refractivity contribution in [1.29, 1.82) is 0 Å². The summed E-state index contributed by atoms with van der Waals surface area (Å²) in [7, 11) is 1.26. The number of halogens is 5. The van der Waals surface area contributed by atoms with E-state index in [1.165, 1.54) is 60.5 Å². The maximum atomic E-state index is 14.1. The summed E-state index contributed by atoms with van der Waals surface area (Å²) >= 11 is 0. The average Bonchev–Trinajstić information content (AvgIpc) is 3.54. The van der Waals surface area contributed by atoms with Crippen molar-refractivity contribution in [1.82, 2.24) is 14.8 Å². The van der Waals surface area contributed by atoms with Crippen LogP contribution < -0.4 is 18.9 Å². The highest BCUT2D eigenvalue weighted by atomic mass is 19.4. The first kappa shape index (κ1) is 29.2. The zero-order chi connectivity index (χ0) is 31.2. The van der Waals surface area contributed by atoms with Gasteiger partial charge in [-0.2, -0.15) is 18.3 Å². The molecule has 0 saturated heterocycles. The van der Waals surface area contributed by atoms with E-state index in [9.17, 15) is 26.7 Å². The van der Waals surface area contributed by atoms with Gasteiger partial charge in [0.25, 0.3) is 0 Å². The Morgan fingerprint density at radius 3 is 2.55 bits per heavy atom. The number of fused-ring (bicyclic) bond motifs is 2. The Hall–Kier alpha value is -4.88. The average molecular weight is 618 g/mol. The number of carbonyl (C=O) groups excluding carboxylic acids is 1. The van der Waals surface area contributed by atoms with E-state index in [0.717, 1.165) is 0 Å². The number of aromatic nitrogens is 3. The van der Waals surface area contributed by atoms with Gasteiger partial charge >= 0.3 is 18.4 Å². The Balaban J connectivity index is 1.30. The SMILES string of the molecule is COC(=O)c1ccc(OC2CCCc3c(C(F)(F)F)nn(-c4ccnc(OC(C)c5ccc6c(c5)OC(F)(F)O6)c4)c32)cc1. The van der Waals surface area contributed by atoms with E-state index in [-0.39, 0.29) is 40.7 Å². The number of alkyl halides is 5. The van der Waals surface area contributed by atoms with E-state index in [0.29, 0.717) is 29.7 Å². The first-order valence-corrected chi connectivity index (χ1v) is 13.5. The van der Waals surface area contributed by atoms with Gasteiger partial charge in [-0.15, -0.1) is 8.78 Å². The molecule has 0 spiro atoms. The molecule has 0 radical (unpaired) electrons. The van der Waals surface area contributed by atoms with Gasteiger partial charge < -0.3 is 23.7 Å². The maximum absolute atomic E-state index is 14.1. The molecule has 2 unspecified atom stereocenters. The van der Waals surface area contributed by atoms with Crippen molar-refractivity contribution in [3.05, 3.63) is 88.9 Å².